The Morgan fingerprint density at radius 2 is 1.28 bits per heavy atom. The van der Waals surface area contributed by atoms with E-state index in [1.54, 1.807) is 61.4 Å². The highest BCUT2D eigenvalue weighted by atomic mass is 16.3. The van der Waals surface area contributed by atoms with Crippen molar-refractivity contribution in [1.29, 1.82) is 5.26 Å². The first-order chi connectivity index (χ1) is 27.4. The lowest BCUT2D eigenvalue weighted by Gasteiger charge is -2.12. The van der Waals surface area contributed by atoms with Crippen molar-refractivity contribution in [2.24, 2.45) is 0 Å². The number of rotatable bonds is 8. The van der Waals surface area contributed by atoms with E-state index in [9.17, 15) is 9.59 Å². The average Bonchev–Trinajstić information content (AvgIpc) is 3.66. The fourth-order valence-corrected chi connectivity index (χ4v) is 5.98. The molecule has 0 aliphatic carbocycles. The van der Waals surface area contributed by atoms with Gasteiger partial charge in [0, 0.05) is 46.7 Å². The summed E-state index contributed by atoms with van der Waals surface area (Å²) in [6.45, 7) is 7.37. The average molecular weight is 779 g/mol. The van der Waals surface area contributed by atoms with Crippen LogP contribution in [0.5, 0.6) is 0 Å². The summed E-state index contributed by atoms with van der Waals surface area (Å²) in [4.78, 5) is 41.8. The summed E-state index contributed by atoms with van der Waals surface area (Å²) in [5.41, 5.74) is 18.6. The Balaban J connectivity index is 0.000000221. The predicted octanol–water partition coefficient (Wildman–Crippen LogP) is 8.04. The van der Waals surface area contributed by atoms with Crippen LogP contribution < -0.4 is 32.7 Å². The summed E-state index contributed by atoms with van der Waals surface area (Å²) >= 11 is 0. The zero-order valence-electron chi connectivity index (χ0n) is 31.8. The number of nitrogens with zero attached hydrogens (tertiary/aromatic N) is 6. The molecule has 0 spiro atoms. The molecule has 0 radical (unpaired) electrons. The van der Waals surface area contributed by atoms with Gasteiger partial charge in [-0.05, 0) is 79.9 Å². The van der Waals surface area contributed by atoms with Crippen molar-refractivity contribution in [2.45, 2.75) is 47.2 Å². The highest BCUT2D eigenvalue weighted by molar-refractivity contribution is 6.01. The van der Waals surface area contributed by atoms with Crippen molar-refractivity contribution < 1.29 is 14.7 Å². The van der Waals surface area contributed by atoms with Crippen LogP contribution in [0, 0.1) is 25.2 Å². The van der Waals surface area contributed by atoms with Crippen molar-refractivity contribution in [3.63, 3.8) is 0 Å². The Kier molecular flexibility index (Phi) is 13.2. The van der Waals surface area contributed by atoms with E-state index in [-0.39, 0.29) is 26.1 Å². The molecule has 5 aromatic heterocycles. The molecule has 7 rings (SSSR count). The third kappa shape index (κ3) is 9.80. The Labute approximate surface area is 336 Å². The van der Waals surface area contributed by atoms with Gasteiger partial charge in [0.1, 0.15) is 29.3 Å². The van der Waals surface area contributed by atoms with E-state index in [0.29, 0.717) is 34.3 Å². The smallest absolute Gasteiger partial charge is 0.324 e. The fraction of sp³-hybridized carbons (Fsp3) is 0.186. The molecule has 2 unspecified atom stereocenters. The number of nitrogens with one attached hydrogen (secondary N) is 4. The van der Waals surface area contributed by atoms with E-state index in [2.05, 4.69) is 47.3 Å². The van der Waals surface area contributed by atoms with Crippen LogP contribution in [0.3, 0.4) is 0 Å². The second kappa shape index (κ2) is 18.4. The molecule has 0 bridgehead atoms. The van der Waals surface area contributed by atoms with E-state index < -0.39 is 12.1 Å². The van der Waals surface area contributed by atoms with Gasteiger partial charge < -0.3 is 31.8 Å². The molecule has 0 aliphatic heterocycles. The van der Waals surface area contributed by atoms with Gasteiger partial charge in [-0.3, -0.25) is 10.6 Å². The van der Waals surface area contributed by atoms with Crippen LogP contribution in [0.25, 0.3) is 44.1 Å². The quantitative estimate of drug-likeness (QED) is 0.0784. The summed E-state index contributed by atoms with van der Waals surface area (Å²) in [6.07, 6.45) is 6.62. The van der Waals surface area contributed by atoms with Gasteiger partial charge in [0.15, 0.2) is 0 Å². The minimum absolute atomic E-state index is 0. The first-order valence-corrected chi connectivity index (χ1v) is 18.0. The molecule has 4 amide bonds. The number of aromatic nitrogens is 5. The molecule has 2 aromatic carbocycles. The minimum Gasteiger partial charge on any atom is -0.394 e. The summed E-state index contributed by atoms with van der Waals surface area (Å²) in [6, 6.07) is 25.6. The molecule has 2 atom stereocenters. The summed E-state index contributed by atoms with van der Waals surface area (Å²) in [7, 11) is 0. The normalized spacial score (nSPS) is 11.6. The molecular formula is C43H46N12O3. The van der Waals surface area contributed by atoms with Crippen LogP contribution in [-0.4, -0.2) is 54.3 Å². The topological polar surface area (TPSA) is 235 Å². The second-order valence-electron chi connectivity index (χ2n) is 13.4. The lowest BCUT2D eigenvalue weighted by atomic mass is 10.0. The van der Waals surface area contributed by atoms with Gasteiger partial charge in [0.05, 0.1) is 35.8 Å². The van der Waals surface area contributed by atoms with E-state index in [0.717, 1.165) is 49.8 Å². The number of hydrogen-bond donors (Lipinski definition) is 7. The Morgan fingerprint density at radius 3 is 1.76 bits per heavy atom. The number of anilines is 5. The Bertz CT molecular complexity index is 2640. The maximum atomic E-state index is 12.4. The summed E-state index contributed by atoms with van der Waals surface area (Å²) < 4.78 is 1.72. The lowest BCUT2D eigenvalue weighted by molar-refractivity contribution is 0.229. The van der Waals surface area contributed by atoms with Gasteiger partial charge in [0.2, 0.25) is 0 Å². The number of aliphatic hydroxyl groups excluding tert-OH is 1. The highest BCUT2D eigenvalue weighted by Gasteiger charge is 2.13. The molecule has 7 aromatic rings. The van der Waals surface area contributed by atoms with Crippen LogP contribution in [0.2, 0.25) is 0 Å². The number of aryl methyl sites for hydroxylation is 2. The first kappa shape index (κ1) is 41.6. The number of pyridine rings is 4. The standard InChI is InChI=1S/C23H21N7O.C19H21N5O2.CH4/c1-14-5-3-4-6-18(14)20-9-16-10-21(26-12-19(16)22(25)28-20)29-23(31)27-17-7-8-30(13-17)15(2)11-24;1-11-5-3-4-6-14(11)16-7-13-8-17(21-9-15(13)18(20)23-16)24-19(26)22-12(2)10-25;/h3-10,12-13,15H,1-2H3,(H2,25,28)(H2,26,27,29,31);3-9,12,25H,10H2,1-2H3,(H2,20,23)(H2,21,22,24,26);1H4. The molecule has 0 aliphatic rings. The molecular weight excluding hydrogens is 733 g/mol. The van der Waals surface area contributed by atoms with E-state index in [1.165, 1.54) is 0 Å². The summed E-state index contributed by atoms with van der Waals surface area (Å²) in [5, 5.41) is 31.8. The number of nitrogen functional groups attached to an aromatic ring is 2. The number of nitriles is 1. The number of amides is 4. The van der Waals surface area contributed by atoms with Gasteiger partial charge in [0.25, 0.3) is 0 Å². The molecule has 0 fully saturated rings. The largest absolute Gasteiger partial charge is 0.394 e. The molecule has 58 heavy (non-hydrogen) atoms. The number of nitrogens with two attached hydrogens (primary N) is 2. The van der Waals surface area contributed by atoms with Crippen molar-refractivity contribution in [3.8, 4) is 28.6 Å². The van der Waals surface area contributed by atoms with Crippen LogP contribution in [0.1, 0.15) is 38.4 Å². The molecule has 15 heteroatoms. The summed E-state index contributed by atoms with van der Waals surface area (Å²) in [5.74, 6) is 1.54. The molecule has 0 saturated carbocycles. The SMILES string of the molecule is C.Cc1ccccc1-c1cc2cc(NC(=O)NC(C)CO)ncc2c(N)n1.Cc1ccccc1-c1cc2cc(NC(=O)Nc3ccn(C(C)C#N)c3)ncc2c(N)n1. The third-order valence-corrected chi connectivity index (χ3v) is 9.07. The fourth-order valence-electron chi connectivity index (χ4n) is 5.98. The molecule has 296 valence electrons. The minimum atomic E-state index is -0.435. The number of fused-ring (bicyclic) bond motifs is 2. The van der Waals surface area contributed by atoms with Gasteiger partial charge in [-0.25, -0.2) is 29.5 Å². The second-order valence-corrected chi connectivity index (χ2v) is 13.4. The van der Waals surface area contributed by atoms with Crippen LogP contribution in [0.4, 0.5) is 38.5 Å². The lowest BCUT2D eigenvalue weighted by Crippen LogP contribution is -2.38. The van der Waals surface area contributed by atoms with Gasteiger partial charge >= 0.3 is 12.1 Å². The van der Waals surface area contributed by atoms with E-state index >= 15 is 0 Å². The van der Waals surface area contributed by atoms with Crippen molar-refractivity contribution in [1.82, 2.24) is 29.8 Å². The van der Waals surface area contributed by atoms with E-state index in [4.69, 9.17) is 21.8 Å². The van der Waals surface area contributed by atoms with Gasteiger partial charge in [-0.15, -0.1) is 0 Å². The molecule has 9 N–H and O–H groups in total. The van der Waals surface area contributed by atoms with Crippen molar-refractivity contribution in [2.75, 3.05) is 34.0 Å². The zero-order valence-corrected chi connectivity index (χ0v) is 31.8. The first-order valence-electron chi connectivity index (χ1n) is 18.0. The van der Waals surface area contributed by atoms with Gasteiger partial charge in [-0.1, -0.05) is 56.0 Å². The monoisotopic (exact) mass is 778 g/mol. The highest BCUT2D eigenvalue weighted by Crippen LogP contribution is 2.30. The molecule has 15 nitrogen and oxygen atoms in total. The number of urea groups is 2. The van der Waals surface area contributed by atoms with Crippen LogP contribution in [-0.2, 0) is 0 Å². The number of carbonyl (C=O) groups excluding carboxylic acids is 2. The Morgan fingerprint density at radius 1 is 0.776 bits per heavy atom. The van der Waals surface area contributed by atoms with Crippen LogP contribution >= 0.6 is 0 Å². The Hall–Kier alpha value is -7.57. The number of carbonyl (C=O) groups is 2. The molecule has 5 heterocycles. The molecule has 0 saturated heterocycles. The third-order valence-electron chi connectivity index (χ3n) is 9.07. The maximum absolute atomic E-state index is 12.4. The zero-order chi connectivity index (χ0) is 40.6. The van der Waals surface area contributed by atoms with E-state index in [1.807, 2.05) is 74.5 Å². The van der Waals surface area contributed by atoms with Crippen molar-refractivity contribution in [3.05, 3.63) is 115 Å². The predicted molar refractivity (Wildman–Crippen MR) is 231 cm³/mol. The van der Waals surface area contributed by atoms with Crippen LogP contribution in [0.15, 0.2) is 104 Å². The van der Waals surface area contributed by atoms with Crippen molar-refractivity contribution >= 4 is 62.6 Å². The maximum Gasteiger partial charge on any atom is 0.324 e. The number of hydrogen-bond acceptors (Lipinski definition) is 10. The number of aliphatic hydroxyl groups is 1. The van der Waals surface area contributed by atoms with Gasteiger partial charge in [-0.2, -0.15) is 5.26 Å². The number of benzene rings is 2.